The molecule has 2 N–H and O–H groups in total. The summed E-state index contributed by atoms with van der Waals surface area (Å²) in [5, 5.41) is 13.0. The lowest BCUT2D eigenvalue weighted by atomic mass is 9.67. The fourth-order valence-corrected chi connectivity index (χ4v) is 1.68. The number of rotatable bonds is 3. The molecule has 0 bridgehead atoms. The van der Waals surface area contributed by atoms with Crippen LogP contribution in [-0.2, 0) is 4.65 Å². The van der Waals surface area contributed by atoms with Gasteiger partial charge in [-0.05, 0) is 13.8 Å². The third-order valence-electron chi connectivity index (χ3n) is 2.29. The molecule has 1 heterocycles. The van der Waals surface area contributed by atoms with Crippen LogP contribution in [0.1, 0.15) is 33.6 Å². The SMILES string of the molecule is CCCC[B-]1(O)NC(C)(C)CO1. The second-order valence-electron chi connectivity index (χ2n) is 4.39. The number of hydrogen-bond donors (Lipinski definition) is 2. The summed E-state index contributed by atoms with van der Waals surface area (Å²) >= 11 is 0. The van der Waals surface area contributed by atoms with Gasteiger partial charge in [-0.3, -0.25) is 0 Å². The van der Waals surface area contributed by atoms with Crippen molar-refractivity contribution in [3.63, 3.8) is 0 Å². The van der Waals surface area contributed by atoms with Gasteiger partial charge in [-0.1, -0.05) is 19.8 Å². The Balaban J connectivity index is 2.41. The molecule has 4 heteroatoms. The van der Waals surface area contributed by atoms with E-state index in [0.29, 0.717) is 6.61 Å². The van der Waals surface area contributed by atoms with Crippen LogP contribution in [0.25, 0.3) is 0 Å². The Morgan fingerprint density at radius 3 is 2.67 bits per heavy atom. The quantitative estimate of drug-likeness (QED) is 0.626. The molecule has 1 aliphatic rings. The number of unbranched alkanes of at least 4 members (excludes halogenated alkanes) is 1. The average Bonchev–Trinajstić information content (AvgIpc) is 2.23. The lowest BCUT2D eigenvalue weighted by molar-refractivity contribution is 0.246. The normalized spacial score (nSPS) is 34.0. The summed E-state index contributed by atoms with van der Waals surface area (Å²) in [5.41, 5.74) is -0.0670. The molecule has 1 unspecified atom stereocenters. The molecule has 0 spiro atoms. The molecular formula is C8H19BNO2-. The van der Waals surface area contributed by atoms with Gasteiger partial charge >= 0.3 is 6.69 Å². The smallest absolute Gasteiger partial charge is 0.313 e. The van der Waals surface area contributed by atoms with E-state index >= 15 is 0 Å². The summed E-state index contributed by atoms with van der Waals surface area (Å²) in [5.74, 6) is 0. The van der Waals surface area contributed by atoms with Crippen molar-refractivity contribution in [2.24, 2.45) is 0 Å². The van der Waals surface area contributed by atoms with Gasteiger partial charge in [0.05, 0.1) is 0 Å². The van der Waals surface area contributed by atoms with Gasteiger partial charge < -0.3 is 14.9 Å². The second-order valence-corrected chi connectivity index (χ2v) is 4.39. The minimum atomic E-state index is -1.71. The molecule has 1 atom stereocenters. The number of nitrogens with one attached hydrogen (secondary N) is 1. The molecule has 12 heavy (non-hydrogen) atoms. The molecule has 0 amide bonds. The zero-order chi connectivity index (χ0) is 9.24. The summed E-state index contributed by atoms with van der Waals surface area (Å²) in [4.78, 5) is 0. The summed E-state index contributed by atoms with van der Waals surface area (Å²) < 4.78 is 5.36. The monoisotopic (exact) mass is 172 g/mol. The van der Waals surface area contributed by atoms with Crippen LogP contribution in [0.4, 0.5) is 0 Å². The van der Waals surface area contributed by atoms with Crippen LogP contribution in [0, 0.1) is 0 Å². The summed E-state index contributed by atoms with van der Waals surface area (Å²) in [6.45, 7) is 5.09. The van der Waals surface area contributed by atoms with Crippen molar-refractivity contribution in [2.75, 3.05) is 6.61 Å². The van der Waals surface area contributed by atoms with Crippen LogP contribution in [0.3, 0.4) is 0 Å². The Hall–Kier alpha value is -0.0551. The van der Waals surface area contributed by atoms with Crippen molar-refractivity contribution in [2.45, 2.75) is 45.5 Å². The third-order valence-corrected chi connectivity index (χ3v) is 2.29. The van der Waals surface area contributed by atoms with E-state index in [4.69, 9.17) is 4.65 Å². The van der Waals surface area contributed by atoms with E-state index in [9.17, 15) is 5.02 Å². The highest BCUT2D eigenvalue weighted by molar-refractivity contribution is 6.64. The van der Waals surface area contributed by atoms with Crippen LogP contribution in [0.5, 0.6) is 0 Å². The molecule has 3 nitrogen and oxygen atoms in total. The lowest BCUT2D eigenvalue weighted by Crippen LogP contribution is -2.53. The molecule has 0 aromatic carbocycles. The average molecular weight is 172 g/mol. The highest BCUT2D eigenvalue weighted by Gasteiger charge is 2.36. The van der Waals surface area contributed by atoms with Crippen LogP contribution in [-0.4, -0.2) is 23.9 Å². The molecule has 1 rings (SSSR count). The van der Waals surface area contributed by atoms with Gasteiger partial charge in [0.1, 0.15) is 0 Å². The van der Waals surface area contributed by atoms with E-state index in [-0.39, 0.29) is 5.54 Å². The van der Waals surface area contributed by atoms with Gasteiger partial charge in [-0.15, -0.1) is 6.32 Å². The first kappa shape index (κ1) is 10.0. The standard InChI is InChI=1S/C8H19BNO2/c1-4-5-6-9(11)10-8(2,3)7-12-9/h10-11H,4-7H2,1-3H3/q-1. The third kappa shape index (κ3) is 2.47. The Kier molecular flexibility index (Phi) is 2.81. The second kappa shape index (κ2) is 3.36. The first-order valence-electron chi connectivity index (χ1n) is 4.79. The highest BCUT2D eigenvalue weighted by atomic mass is 16.6. The van der Waals surface area contributed by atoms with E-state index in [0.717, 1.165) is 19.2 Å². The first-order valence-corrected chi connectivity index (χ1v) is 4.79. The van der Waals surface area contributed by atoms with E-state index in [1.807, 2.05) is 13.8 Å². The van der Waals surface area contributed by atoms with E-state index in [1.54, 1.807) is 0 Å². The van der Waals surface area contributed by atoms with Gasteiger partial charge in [-0.2, -0.15) is 0 Å². The van der Waals surface area contributed by atoms with Crippen LogP contribution < -0.4 is 5.23 Å². The largest absolute Gasteiger partial charge is 0.570 e. The van der Waals surface area contributed by atoms with Gasteiger partial charge in [0.15, 0.2) is 0 Å². The minimum absolute atomic E-state index is 0.0670. The molecule has 72 valence electrons. The fraction of sp³-hybridized carbons (Fsp3) is 1.00. The zero-order valence-corrected chi connectivity index (χ0v) is 8.26. The zero-order valence-electron chi connectivity index (χ0n) is 8.26. The van der Waals surface area contributed by atoms with Crippen molar-refractivity contribution in [3.05, 3.63) is 0 Å². The maximum Gasteiger partial charge on any atom is 0.313 e. The molecule has 1 aliphatic heterocycles. The van der Waals surface area contributed by atoms with Crippen molar-refractivity contribution < 1.29 is 9.68 Å². The Morgan fingerprint density at radius 1 is 1.58 bits per heavy atom. The van der Waals surface area contributed by atoms with Crippen molar-refractivity contribution in [1.29, 1.82) is 0 Å². The summed E-state index contributed by atoms with van der Waals surface area (Å²) in [7, 11) is 0. The van der Waals surface area contributed by atoms with E-state index in [1.165, 1.54) is 0 Å². The molecule has 0 aromatic heterocycles. The molecule has 0 saturated carbocycles. The lowest BCUT2D eigenvalue weighted by Gasteiger charge is -2.31. The predicted molar refractivity (Wildman–Crippen MR) is 50.9 cm³/mol. The molecular weight excluding hydrogens is 153 g/mol. The van der Waals surface area contributed by atoms with Gasteiger partial charge in [-0.25, -0.2) is 0 Å². The van der Waals surface area contributed by atoms with Crippen molar-refractivity contribution >= 4 is 6.69 Å². The Morgan fingerprint density at radius 2 is 2.25 bits per heavy atom. The fourth-order valence-electron chi connectivity index (χ4n) is 1.68. The molecule has 1 saturated heterocycles. The van der Waals surface area contributed by atoms with E-state index in [2.05, 4.69) is 12.2 Å². The van der Waals surface area contributed by atoms with Crippen LogP contribution in [0.15, 0.2) is 0 Å². The predicted octanol–water partition coefficient (Wildman–Crippen LogP) is 1.12. The van der Waals surface area contributed by atoms with Crippen molar-refractivity contribution in [1.82, 2.24) is 5.23 Å². The topological polar surface area (TPSA) is 41.5 Å². The van der Waals surface area contributed by atoms with Crippen molar-refractivity contribution in [3.8, 4) is 0 Å². The van der Waals surface area contributed by atoms with E-state index < -0.39 is 6.69 Å². The molecule has 0 aliphatic carbocycles. The Bertz CT molecular complexity index is 163. The maximum atomic E-state index is 9.89. The summed E-state index contributed by atoms with van der Waals surface area (Å²) in [6.07, 6.45) is 2.84. The summed E-state index contributed by atoms with van der Waals surface area (Å²) in [6, 6.07) is 0. The molecule has 1 fully saturated rings. The molecule has 0 aromatic rings. The highest BCUT2D eigenvalue weighted by Crippen LogP contribution is 2.22. The Labute approximate surface area is 74.5 Å². The number of hydrogen-bond acceptors (Lipinski definition) is 3. The van der Waals surface area contributed by atoms with Gasteiger partial charge in [0.2, 0.25) is 0 Å². The minimum Gasteiger partial charge on any atom is -0.570 e. The maximum absolute atomic E-state index is 9.89. The van der Waals surface area contributed by atoms with Crippen LogP contribution in [0.2, 0.25) is 6.32 Å². The van der Waals surface area contributed by atoms with Gasteiger partial charge in [0.25, 0.3) is 0 Å². The van der Waals surface area contributed by atoms with Crippen LogP contribution >= 0.6 is 0 Å². The molecule has 0 radical (unpaired) electrons. The first-order chi connectivity index (χ1) is 5.47. The van der Waals surface area contributed by atoms with Gasteiger partial charge in [0, 0.05) is 12.1 Å².